The summed E-state index contributed by atoms with van der Waals surface area (Å²) in [6, 6.07) is 20.5. The molecule has 1 unspecified atom stereocenters. The number of allylic oxidation sites excluding steroid dienone is 2. The van der Waals surface area contributed by atoms with Crippen molar-refractivity contribution < 1.29 is 0 Å². The fourth-order valence-electron chi connectivity index (χ4n) is 1.99. The predicted molar refractivity (Wildman–Crippen MR) is 68.4 cm³/mol. The van der Waals surface area contributed by atoms with Gasteiger partial charge in [-0.25, -0.2) is 0 Å². The summed E-state index contributed by atoms with van der Waals surface area (Å²) >= 11 is 6.58. The third-order valence-corrected chi connectivity index (χ3v) is 3.46. The Balaban J connectivity index is 1.93. The molecule has 2 aromatic rings. The molecule has 0 aliphatic heterocycles. The van der Waals surface area contributed by atoms with E-state index in [-0.39, 0.29) is 4.87 Å². The molecule has 0 fully saturated rings. The first kappa shape index (κ1) is 9.68. The van der Waals surface area contributed by atoms with Crippen LogP contribution in [0.2, 0.25) is 0 Å². The molecule has 0 spiro atoms. The van der Waals surface area contributed by atoms with Gasteiger partial charge in [-0.3, -0.25) is 0 Å². The summed E-state index contributed by atoms with van der Waals surface area (Å²) < 4.78 is 0. The lowest BCUT2D eigenvalue weighted by Crippen LogP contribution is -2.00. The van der Waals surface area contributed by atoms with Crippen molar-refractivity contribution in [3.05, 3.63) is 77.9 Å². The Labute approximate surface area is 100 Å². The van der Waals surface area contributed by atoms with E-state index >= 15 is 0 Å². The van der Waals surface area contributed by atoms with E-state index in [0.29, 0.717) is 0 Å². The summed E-state index contributed by atoms with van der Waals surface area (Å²) in [4.78, 5) is -0.372. The molecular formula is C15H11Cl. The van der Waals surface area contributed by atoms with Crippen LogP contribution in [0.25, 0.3) is 5.57 Å². The topological polar surface area (TPSA) is 0 Å². The highest BCUT2D eigenvalue weighted by atomic mass is 35.5. The number of benzene rings is 2. The normalized spacial score (nSPS) is 22.7. The van der Waals surface area contributed by atoms with Crippen LogP contribution in [-0.2, 0) is 4.87 Å². The van der Waals surface area contributed by atoms with E-state index in [1.165, 1.54) is 11.1 Å². The minimum absolute atomic E-state index is 0.372. The van der Waals surface area contributed by atoms with Crippen molar-refractivity contribution in [3.8, 4) is 0 Å². The van der Waals surface area contributed by atoms with Crippen molar-refractivity contribution in [2.24, 2.45) is 0 Å². The van der Waals surface area contributed by atoms with Crippen LogP contribution in [0.4, 0.5) is 0 Å². The van der Waals surface area contributed by atoms with Crippen LogP contribution in [0, 0.1) is 0 Å². The summed E-state index contributed by atoms with van der Waals surface area (Å²) in [6.07, 6.45) is 2.11. The molecule has 1 aliphatic carbocycles. The summed E-state index contributed by atoms with van der Waals surface area (Å²) in [5.74, 6) is 0. The molecule has 0 nitrogen and oxygen atoms in total. The third kappa shape index (κ3) is 1.46. The first-order valence-corrected chi connectivity index (χ1v) is 5.72. The van der Waals surface area contributed by atoms with Gasteiger partial charge >= 0.3 is 0 Å². The zero-order chi connectivity index (χ0) is 11.0. The molecule has 1 atom stereocenters. The second-order valence-electron chi connectivity index (χ2n) is 4.00. The van der Waals surface area contributed by atoms with Gasteiger partial charge in [0.1, 0.15) is 4.87 Å². The van der Waals surface area contributed by atoms with Gasteiger partial charge in [0.15, 0.2) is 0 Å². The zero-order valence-corrected chi connectivity index (χ0v) is 9.48. The first-order chi connectivity index (χ1) is 7.81. The van der Waals surface area contributed by atoms with Gasteiger partial charge in [0, 0.05) is 0 Å². The Morgan fingerprint density at radius 1 is 0.750 bits per heavy atom. The molecule has 3 rings (SSSR count). The maximum absolute atomic E-state index is 6.58. The second-order valence-corrected chi connectivity index (χ2v) is 4.60. The van der Waals surface area contributed by atoms with Crippen molar-refractivity contribution >= 4 is 17.2 Å². The van der Waals surface area contributed by atoms with Gasteiger partial charge in [-0.2, -0.15) is 0 Å². The van der Waals surface area contributed by atoms with Gasteiger partial charge < -0.3 is 0 Å². The van der Waals surface area contributed by atoms with E-state index < -0.39 is 0 Å². The minimum atomic E-state index is -0.372. The van der Waals surface area contributed by atoms with Gasteiger partial charge in [-0.1, -0.05) is 60.7 Å². The Bertz CT molecular complexity index is 528. The van der Waals surface area contributed by atoms with Crippen molar-refractivity contribution in [1.82, 2.24) is 0 Å². The lowest BCUT2D eigenvalue weighted by Gasteiger charge is -2.10. The fraction of sp³-hybridized carbons (Fsp3) is 0.0667. The third-order valence-electron chi connectivity index (χ3n) is 2.93. The van der Waals surface area contributed by atoms with E-state index in [2.05, 4.69) is 30.3 Å². The molecule has 16 heavy (non-hydrogen) atoms. The summed E-state index contributed by atoms with van der Waals surface area (Å²) in [6.45, 7) is 0. The Kier molecular flexibility index (Phi) is 2.12. The molecule has 0 aromatic heterocycles. The van der Waals surface area contributed by atoms with Gasteiger partial charge in [0.25, 0.3) is 0 Å². The van der Waals surface area contributed by atoms with Crippen LogP contribution in [0.1, 0.15) is 11.1 Å². The second kappa shape index (κ2) is 3.50. The first-order valence-electron chi connectivity index (χ1n) is 5.34. The van der Waals surface area contributed by atoms with Crippen LogP contribution in [0.15, 0.2) is 66.7 Å². The van der Waals surface area contributed by atoms with Crippen LogP contribution < -0.4 is 0 Å². The minimum Gasteiger partial charge on any atom is -0.104 e. The lowest BCUT2D eigenvalue weighted by molar-refractivity contribution is 1.13. The maximum Gasteiger partial charge on any atom is 0.114 e. The number of rotatable bonds is 2. The Morgan fingerprint density at radius 3 is 1.94 bits per heavy atom. The predicted octanol–water partition coefficient (Wildman–Crippen LogP) is 4.22. The Morgan fingerprint density at radius 2 is 1.31 bits per heavy atom. The quantitative estimate of drug-likeness (QED) is 0.673. The highest BCUT2D eigenvalue weighted by Gasteiger charge is 2.44. The molecular weight excluding hydrogens is 216 g/mol. The smallest absolute Gasteiger partial charge is 0.104 e. The highest BCUT2D eigenvalue weighted by Crippen LogP contribution is 2.55. The van der Waals surface area contributed by atoms with E-state index in [4.69, 9.17) is 11.6 Å². The monoisotopic (exact) mass is 226 g/mol. The Hall–Kier alpha value is -1.53. The van der Waals surface area contributed by atoms with Gasteiger partial charge in [0.2, 0.25) is 0 Å². The van der Waals surface area contributed by atoms with E-state index in [0.717, 1.165) is 5.56 Å². The molecule has 0 radical (unpaired) electrons. The van der Waals surface area contributed by atoms with Crippen LogP contribution in [0.5, 0.6) is 0 Å². The molecule has 0 amide bonds. The molecule has 0 bridgehead atoms. The number of hydrogen-bond acceptors (Lipinski definition) is 0. The van der Waals surface area contributed by atoms with Crippen molar-refractivity contribution in [3.63, 3.8) is 0 Å². The van der Waals surface area contributed by atoms with Crippen molar-refractivity contribution in [2.45, 2.75) is 4.87 Å². The zero-order valence-electron chi connectivity index (χ0n) is 8.73. The SMILES string of the molecule is ClC1(c2ccccc2)C=C1c1ccccc1. The number of hydrogen-bond donors (Lipinski definition) is 0. The van der Waals surface area contributed by atoms with Gasteiger partial charge in [-0.05, 0) is 22.8 Å². The average molecular weight is 227 g/mol. The standard InChI is InChI=1S/C15H11Cl/c16-15(13-9-5-2-6-10-13)11-14(15)12-7-3-1-4-8-12/h1-11H. The van der Waals surface area contributed by atoms with Gasteiger partial charge in [0.05, 0.1) is 0 Å². The number of halogens is 1. The van der Waals surface area contributed by atoms with Crippen molar-refractivity contribution in [1.29, 1.82) is 0 Å². The van der Waals surface area contributed by atoms with E-state index in [1.54, 1.807) is 0 Å². The van der Waals surface area contributed by atoms with Crippen molar-refractivity contribution in [2.75, 3.05) is 0 Å². The van der Waals surface area contributed by atoms with Gasteiger partial charge in [-0.15, -0.1) is 11.6 Å². The lowest BCUT2D eigenvalue weighted by atomic mass is 10.0. The van der Waals surface area contributed by atoms with Crippen LogP contribution >= 0.6 is 11.6 Å². The molecule has 0 saturated heterocycles. The fourth-order valence-corrected chi connectivity index (χ4v) is 2.34. The molecule has 2 aromatic carbocycles. The molecule has 0 heterocycles. The van der Waals surface area contributed by atoms with Crippen LogP contribution in [-0.4, -0.2) is 0 Å². The molecule has 1 heteroatoms. The molecule has 0 N–H and O–H groups in total. The average Bonchev–Trinajstić information content (AvgIpc) is 3.06. The van der Waals surface area contributed by atoms with Crippen LogP contribution in [0.3, 0.4) is 0 Å². The highest BCUT2D eigenvalue weighted by molar-refractivity contribution is 6.37. The molecule has 0 saturated carbocycles. The number of alkyl halides is 1. The maximum atomic E-state index is 6.58. The van der Waals surface area contributed by atoms with E-state index in [1.807, 2.05) is 36.4 Å². The molecule has 1 aliphatic rings. The summed E-state index contributed by atoms with van der Waals surface area (Å²) in [5, 5.41) is 0. The van der Waals surface area contributed by atoms with E-state index in [9.17, 15) is 0 Å². The largest absolute Gasteiger partial charge is 0.114 e. The summed E-state index contributed by atoms with van der Waals surface area (Å²) in [5.41, 5.74) is 3.57. The summed E-state index contributed by atoms with van der Waals surface area (Å²) in [7, 11) is 0. The molecule has 78 valence electrons.